The molecule has 0 aliphatic heterocycles. The van der Waals surface area contributed by atoms with Crippen LogP contribution in [0.25, 0.3) is 0 Å². The zero-order valence-electron chi connectivity index (χ0n) is 7.97. The fourth-order valence-corrected chi connectivity index (χ4v) is 1.59. The number of hydrogen-bond donors (Lipinski definition) is 1. The minimum atomic E-state index is -2.68. The first-order chi connectivity index (χ1) is 6.41. The lowest BCUT2D eigenvalue weighted by Gasteiger charge is -2.24. The number of hydrogen-bond acceptors (Lipinski definition) is 2. The first kappa shape index (κ1) is 11.4. The molecule has 0 aromatic carbocycles. The van der Waals surface area contributed by atoms with E-state index in [1.807, 2.05) is 6.92 Å². The Hall–Kier alpha value is -0.680. The van der Waals surface area contributed by atoms with Crippen LogP contribution >= 0.6 is 11.6 Å². The van der Waals surface area contributed by atoms with Gasteiger partial charge >= 0.3 is 0 Å². The SMILES string of the molecule is CCn1cnc(Cl)c1C(C)(N)C(F)F. The second kappa shape index (κ2) is 3.82. The highest BCUT2D eigenvalue weighted by atomic mass is 35.5. The monoisotopic (exact) mass is 223 g/mol. The van der Waals surface area contributed by atoms with Gasteiger partial charge in [-0.25, -0.2) is 13.8 Å². The maximum absolute atomic E-state index is 12.6. The fourth-order valence-electron chi connectivity index (χ4n) is 1.23. The van der Waals surface area contributed by atoms with Crippen molar-refractivity contribution in [3.63, 3.8) is 0 Å². The molecule has 1 unspecified atom stereocenters. The maximum Gasteiger partial charge on any atom is 0.261 e. The molecule has 6 heteroatoms. The summed E-state index contributed by atoms with van der Waals surface area (Å²) in [6.07, 6.45) is -1.27. The van der Waals surface area contributed by atoms with Crippen LogP contribution in [-0.4, -0.2) is 16.0 Å². The Morgan fingerprint density at radius 1 is 1.71 bits per heavy atom. The Morgan fingerprint density at radius 2 is 2.29 bits per heavy atom. The fraction of sp³-hybridized carbons (Fsp3) is 0.625. The first-order valence-corrected chi connectivity index (χ1v) is 4.57. The number of alkyl halides is 2. The predicted molar refractivity (Wildman–Crippen MR) is 50.5 cm³/mol. The molecule has 0 spiro atoms. The highest BCUT2D eigenvalue weighted by Gasteiger charge is 2.37. The van der Waals surface area contributed by atoms with Crippen molar-refractivity contribution in [1.29, 1.82) is 0 Å². The summed E-state index contributed by atoms with van der Waals surface area (Å²) in [5.74, 6) is 0. The van der Waals surface area contributed by atoms with Gasteiger partial charge in [-0.1, -0.05) is 11.6 Å². The molecule has 0 aliphatic carbocycles. The van der Waals surface area contributed by atoms with Gasteiger partial charge in [-0.3, -0.25) is 0 Å². The summed E-state index contributed by atoms with van der Waals surface area (Å²) < 4.78 is 26.8. The Bertz CT molecular complexity index is 322. The van der Waals surface area contributed by atoms with Gasteiger partial charge in [0.1, 0.15) is 5.54 Å². The highest BCUT2D eigenvalue weighted by molar-refractivity contribution is 6.30. The molecule has 0 saturated heterocycles. The lowest BCUT2D eigenvalue weighted by atomic mass is 10.0. The Morgan fingerprint density at radius 3 is 2.71 bits per heavy atom. The van der Waals surface area contributed by atoms with Gasteiger partial charge in [0.05, 0.1) is 12.0 Å². The molecule has 0 bridgehead atoms. The lowest BCUT2D eigenvalue weighted by Crippen LogP contribution is -2.42. The van der Waals surface area contributed by atoms with E-state index in [1.165, 1.54) is 17.8 Å². The van der Waals surface area contributed by atoms with Crippen molar-refractivity contribution in [2.75, 3.05) is 0 Å². The second-order valence-corrected chi connectivity index (χ2v) is 3.61. The van der Waals surface area contributed by atoms with Gasteiger partial charge in [0.2, 0.25) is 0 Å². The van der Waals surface area contributed by atoms with Crippen LogP contribution in [0.5, 0.6) is 0 Å². The molecule has 1 atom stereocenters. The molecular formula is C8H12ClF2N3. The van der Waals surface area contributed by atoms with Crippen LogP contribution in [-0.2, 0) is 12.1 Å². The molecule has 1 aromatic rings. The molecule has 80 valence electrons. The molecule has 1 aromatic heterocycles. The number of imidazole rings is 1. The molecule has 0 saturated carbocycles. The third kappa shape index (κ3) is 1.74. The van der Waals surface area contributed by atoms with Crippen LogP contribution in [0.1, 0.15) is 19.5 Å². The van der Waals surface area contributed by atoms with Crippen molar-refractivity contribution < 1.29 is 8.78 Å². The van der Waals surface area contributed by atoms with Crippen molar-refractivity contribution in [3.8, 4) is 0 Å². The quantitative estimate of drug-likeness (QED) is 0.852. The van der Waals surface area contributed by atoms with E-state index in [0.29, 0.717) is 6.54 Å². The molecule has 1 rings (SSSR count). The smallest absolute Gasteiger partial charge is 0.261 e. The molecule has 0 amide bonds. The van der Waals surface area contributed by atoms with E-state index in [9.17, 15) is 8.78 Å². The van der Waals surface area contributed by atoms with Crippen molar-refractivity contribution >= 4 is 11.6 Å². The molecule has 14 heavy (non-hydrogen) atoms. The number of rotatable bonds is 3. The third-order valence-corrected chi connectivity index (χ3v) is 2.37. The second-order valence-electron chi connectivity index (χ2n) is 3.25. The highest BCUT2D eigenvalue weighted by Crippen LogP contribution is 2.30. The average Bonchev–Trinajstić information content (AvgIpc) is 2.46. The van der Waals surface area contributed by atoms with Gasteiger partial charge in [0, 0.05) is 6.54 Å². The number of nitrogens with zero attached hydrogens (tertiary/aromatic N) is 2. The summed E-state index contributed by atoms with van der Waals surface area (Å²) in [6, 6.07) is 0. The van der Waals surface area contributed by atoms with Gasteiger partial charge in [0.25, 0.3) is 6.43 Å². The summed E-state index contributed by atoms with van der Waals surface area (Å²) in [5.41, 5.74) is 3.92. The van der Waals surface area contributed by atoms with Crippen LogP contribution in [0.4, 0.5) is 8.78 Å². The molecule has 2 N–H and O–H groups in total. The normalized spacial score (nSPS) is 15.9. The van der Waals surface area contributed by atoms with Crippen molar-refractivity contribution in [2.24, 2.45) is 5.73 Å². The van der Waals surface area contributed by atoms with Gasteiger partial charge < -0.3 is 10.3 Å². The van der Waals surface area contributed by atoms with Gasteiger partial charge in [-0.05, 0) is 13.8 Å². The van der Waals surface area contributed by atoms with E-state index in [4.69, 9.17) is 17.3 Å². The van der Waals surface area contributed by atoms with Crippen LogP contribution in [0.2, 0.25) is 5.15 Å². The predicted octanol–water partition coefficient (Wildman–Crippen LogP) is 2.00. The van der Waals surface area contributed by atoms with Crippen molar-refractivity contribution in [2.45, 2.75) is 32.4 Å². The first-order valence-electron chi connectivity index (χ1n) is 4.19. The molecule has 3 nitrogen and oxygen atoms in total. The average molecular weight is 224 g/mol. The minimum absolute atomic E-state index is 0.0390. The summed E-state index contributed by atoms with van der Waals surface area (Å²) in [4.78, 5) is 3.75. The summed E-state index contributed by atoms with van der Waals surface area (Å²) in [6.45, 7) is 3.56. The standard InChI is InChI=1S/C8H12ClF2N3/c1-3-14-4-13-6(9)5(14)8(2,12)7(10)11/h4,7H,3,12H2,1-2H3. The van der Waals surface area contributed by atoms with E-state index in [0.717, 1.165) is 0 Å². The zero-order valence-corrected chi connectivity index (χ0v) is 8.72. The minimum Gasteiger partial charge on any atom is -0.332 e. The molecule has 1 heterocycles. The van der Waals surface area contributed by atoms with Crippen LogP contribution in [0, 0.1) is 0 Å². The van der Waals surface area contributed by atoms with Crippen LogP contribution in [0.15, 0.2) is 6.33 Å². The summed E-state index contributed by atoms with van der Waals surface area (Å²) >= 11 is 5.71. The number of halogens is 3. The van der Waals surface area contributed by atoms with Crippen LogP contribution < -0.4 is 5.73 Å². The van der Waals surface area contributed by atoms with E-state index < -0.39 is 12.0 Å². The van der Waals surface area contributed by atoms with E-state index in [1.54, 1.807) is 0 Å². The number of aryl methyl sites for hydroxylation is 1. The van der Waals surface area contributed by atoms with Crippen molar-refractivity contribution in [3.05, 3.63) is 17.2 Å². The lowest BCUT2D eigenvalue weighted by molar-refractivity contribution is 0.0582. The summed E-state index contributed by atoms with van der Waals surface area (Å²) in [7, 11) is 0. The summed E-state index contributed by atoms with van der Waals surface area (Å²) in [5, 5.41) is 0.0390. The third-order valence-electron chi connectivity index (χ3n) is 2.10. The van der Waals surface area contributed by atoms with Crippen LogP contribution in [0.3, 0.4) is 0 Å². The van der Waals surface area contributed by atoms with E-state index in [2.05, 4.69) is 4.98 Å². The van der Waals surface area contributed by atoms with E-state index in [-0.39, 0.29) is 10.8 Å². The molecule has 0 radical (unpaired) electrons. The Labute approximate surface area is 85.9 Å². The molecule has 0 fully saturated rings. The van der Waals surface area contributed by atoms with Crippen molar-refractivity contribution in [1.82, 2.24) is 9.55 Å². The Balaban J connectivity index is 3.22. The number of nitrogens with two attached hydrogens (primary N) is 1. The Kier molecular flexibility index (Phi) is 3.11. The largest absolute Gasteiger partial charge is 0.332 e. The molecule has 0 aliphatic rings. The van der Waals surface area contributed by atoms with Gasteiger partial charge in [-0.2, -0.15) is 0 Å². The number of aromatic nitrogens is 2. The van der Waals surface area contributed by atoms with E-state index >= 15 is 0 Å². The zero-order chi connectivity index (χ0) is 10.9. The maximum atomic E-state index is 12.6. The molecular weight excluding hydrogens is 212 g/mol. The van der Waals surface area contributed by atoms with Gasteiger partial charge in [-0.15, -0.1) is 0 Å². The van der Waals surface area contributed by atoms with Gasteiger partial charge in [0.15, 0.2) is 5.15 Å². The topological polar surface area (TPSA) is 43.8 Å².